The minimum absolute atomic E-state index is 0.300. The van der Waals surface area contributed by atoms with Gasteiger partial charge in [0.15, 0.2) is 0 Å². The molecule has 0 radical (unpaired) electrons. The van der Waals surface area contributed by atoms with E-state index in [0.717, 1.165) is 6.42 Å². The third-order valence-electron chi connectivity index (χ3n) is 2.41. The van der Waals surface area contributed by atoms with E-state index in [0.29, 0.717) is 11.3 Å². The molecule has 0 aromatic heterocycles. The summed E-state index contributed by atoms with van der Waals surface area (Å²) >= 11 is 0. The van der Waals surface area contributed by atoms with E-state index in [2.05, 4.69) is 19.9 Å². The highest BCUT2D eigenvalue weighted by molar-refractivity contribution is 4.97. The number of hydrogen-bond donors (Lipinski definition) is 0. The van der Waals surface area contributed by atoms with E-state index in [-0.39, 0.29) is 0 Å². The molecule has 1 rings (SSSR count). The molecule has 0 N–H and O–H groups in total. The molecule has 1 unspecified atom stereocenters. The summed E-state index contributed by atoms with van der Waals surface area (Å²) in [5.41, 5.74) is 0.300. The fraction of sp³-hybridized carbons (Fsp3) is 0.875. The van der Waals surface area contributed by atoms with E-state index in [4.69, 9.17) is 5.26 Å². The highest BCUT2D eigenvalue weighted by Crippen LogP contribution is 2.41. The van der Waals surface area contributed by atoms with Crippen LogP contribution in [0.25, 0.3) is 0 Å². The topological polar surface area (TPSA) is 23.8 Å². The second-order valence-corrected chi connectivity index (χ2v) is 3.56. The standard InChI is InChI=1S/C8H13N/c1-8(2)5-3-4-7(8)6-9/h7H,3-5H2,1-2H3. The highest BCUT2D eigenvalue weighted by atomic mass is 14.4. The first kappa shape index (κ1) is 6.61. The van der Waals surface area contributed by atoms with Crippen molar-refractivity contribution in [1.82, 2.24) is 0 Å². The van der Waals surface area contributed by atoms with Crippen molar-refractivity contribution in [3.05, 3.63) is 0 Å². The molecule has 1 saturated carbocycles. The van der Waals surface area contributed by atoms with Crippen LogP contribution in [0, 0.1) is 22.7 Å². The van der Waals surface area contributed by atoms with Crippen LogP contribution in [-0.2, 0) is 0 Å². The van der Waals surface area contributed by atoms with E-state index in [1.54, 1.807) is 0 Å². The van der Waals surface area contributed by atoms with Crippen molar-refractivity contribution in [2.24, 2.45) is 11.3 Å². The largest absolute Gasteiger partial charge is 0.198 e. The molecule has 0 heterocycles. The van der Waals surface area contributed by atoms with Gasteiger partial charge in [-0.2, -0.15) is 5.26 Å². The van der Waals surface area contributed by atoms with Crippen molar-refractivity contribution in [1.29, 1.82) is 5.26 Å². The van der Waals surface area contributed by atoms with Gasteiger partial charge in [0.1, 0.15) is 0 Å². The lowest BCUT2D eigenvalue weighted by atomic mass is 9.83. The Morgan fingerprint density at radius 1 is 1.56 bits per heavy atom. The predicted molar refractivity (Wildman–Crippen MR) is 36.7 cm³/mol. The molecule has 1 nitrogen and oxygen atoms in total. The fourth-order valence-corrected chi connectivity index (χ4v) is 1.57. The summed E-state index contributed by atoms with van der Waals surface area (Å²) in [4.78, 5) is 0. The minimum Gasteiger partial charge on any atom is -0.198 e. The van der Waals surface area contributed by atoms with Gasteiger partial charge in [-0.3, -0.25) is 0 Å². The molecule has 1 fully saturated rings. The zero-order valence-electron chi connectivity index (χ0n) is 6.15. The van der Waals surface area contributed by atoms with Crippen LogP contribution in [0.3, 0.4) is 0 Å². The first-order chi connectivity index (χ1) is 4.17. The maximum Gasteiger partial charge on any atom is 0.0661 e. The molecule has 50 valence electrons. The van der Waals surface area contributed by atoms with Crippen LogP contribution in [0.15, 0.2) is 0 Å². The highest BCUT2D eigenvalue weighted by Gasteiger charge is 2.33. The predicted octanol–water partition coefficient (Wildman–Crippen LogP) is 2.34. The van der Waals surface area contributed by atoms with Gasteiger partial charge in [-0.05, 0) is 18.3 Å². The van der Waals surface area contributed by atoms with Gasteiger partial charge in [-0.1, -0.05) is 20.3 Å². The SMILES string of the molecule is CC1(C)CCCC1C#N. The van der Waals surface area contributed by atoms with Gasteiger partial charge in [0, 0.05) is 0 Å². The van der Waals surface area contributed by atoms with Crippen molar-refractivity contribution < 1.29 is 0 Å². The Balaban J connectivity index is 2.65. The summed E-state index contributed by atoms with van der Waals surface area (Å²) in [5, 5.41) is 8.65. The minimum atomic E-state index is 0.300. The molecule has 0 bridgehead atoms. The van der Waals surface area contributed by atoms with Gasteiger partial charge in [0.2, 0.25) is 0 Å². The van der Waals surface area contributed by atoms with Gasteiger partial charge in [-0.15, -0.1) is 0 Å². The average molecular weight is 123 g/mol. The molecule has 0 saturated heterocycles. The zero-order chi connectivity index (χ0) is 6.91. The summed E-state index contributed by atoms with van der Waals surface area (Å²) in [5.74, 6) is 0.317. The van der Waals surface area contributed by atoms with Crippen LogP contribution < -0.4 is 0 Å². The molecule has 1 atom stereocenters. The quantitative estimate of drug-likeness (QED) is 0.485. The molecule has 9 heavy (non-hydrogen) atoms. The van der Waals surface area contributed by atoms with Crippen molar-refractivity contribution in [2.45, 2.75) is 33.1 Å². The van der Waals surface area contributed by atoms with Crippen LogP contribution in [-0.4, -0.2) is 0 Å². The molecule has 1 heteroatoms. The first-order valence-corrected chi connectivity index (χ1v) is 3.56. The molecule has 0 aromatic carbocycles. The lowest BCUT2D eigenvalue weighted by Crippen LogP contribution is -2.14. The Morgan fingerprint density at radius 3 is 2.44 bits per heavy atom. The summed E-state index contributed by atoms with van der Waals surface area (Å²) in [6.07, 6.45) is 3.58. The maximum absolute atomic E-state index is 8.65. The molecule has 1 aliphatic rings. The Hall–Kier alpha value is -0.510. The molecule has 0 aromatic rings. The fourth-order valence-electron chi connectivity index (χ4n) is 1.57. The number of nitrogens with zero attached hydrogens (tertiary/aromatic N) is 1. The Labute approximate surface area is 56.7 Å². The van der Waals surface area contributed by atoms with Crippen molar-refractivity contribution in [3.8, 4) is 6.07 Å². The summed E-state index contributed by atoms with van der Waals surface area (Å²) in [6, 6.07) is 2.35. The summed E-state index contributed by atoms with van der Waals surface area (Å²) < 4.78 is 0. The Bertz CT molecular complexity index is 141. The number of nitriles is 1. The Morgan fingerprint density at radius 2 is 2.22 bits per heavy atom. The maximum atomic E-state index is 8.65. The van der Waals surface area contributed by atoms with Gasteiger partial charge in [0.05, 0.1) is 12.0 Å². The lowest BCUT2D eigenvalue weighted by Gasteiger charge is -2.20. The van der Waals surface area contributed by atoms with Crippen molar-refractivity contribution in [3.63, 3.8) is 0 Å². The first-order valence-electron chi connectivity index (χ1n) is 3.56. The number of rotatable bonds is 0. The summed E-state index contributed by atoms with van der Waals surface area (Å²) in [7, 11) is 0. The smallest absolute Gasteiger partial charge is 0.0661 e. The monoisotopic (exact) mass is 123 g/mol. The van der Waals surface area contributed by atoms with Gasteiger partial charge in [-0.25, -0.2) is 0 Å². The zero-order valence-corrected chi connectivity index (χ0v) is 6.15. The molecule has 0 amide bonds. The van der Waals surface area contributed by atoms with Crippen LogP contribution in [0.4, 0.5) is 0 Å². The second-order valence-electron chi connectivity index (χ2n) is 3.56. The van der Waals surface area contributed by atoms with Crippen molar-refractivity contribution >= 4 is 0 Å². The van der Waals surface area contributed by atoms with Crippen LogP contribution in [0.1, 0.15) is 33.1 Å². The van der Waals surface area contributed by atoms with Crippen LogP contribution >= 0.6 is 0 Å². The van der Waals surface area contributed by atoms with Crippen molar-refractivity contribution in [2.75, 3.05) is 0 Å². The summed E-state index contributed by atoms with van der Waals surface area (Å²) in [6.45, 7) is 4.38. The normalized spacial score (nSPS) is 31.9. The third-order valence-corrected chi connectivity index (χ3v) is 2.41. The molecular weight excluding hydrogens is 110 g/mol. The average Bonchev–Trinajstić information content (AvgIpc) is 2.08. The number of hydrogen-bond acceptors (Lipinski definition) is 1. The van der Waals surface area contributed by atoms with E-state index in [1.807, 2.05) is 0 Å². The Kier molecular flexibility index (Phi) is 1.48. The van der Waals surface area contributed by atoms with Gasteiger partial charge in [0.25, 0.3) is 0 Å². The van der Waals surface area contributed by atoms with E-state index >= 15 is 0 Å². The van der Waals surface area contributed by atoms with E-state index < -0.39 is 0 Å². The third kappa shape index (κ3) is 1.08. The van der Waals surface area contributed by atoms with Gasteiger partial charge >= 0.3 is 0 Å². The van der Waals surface area contributed by atoms with E-state index in [1.165, 1.54) is 12.8 Å². The van der Waals surface area contributed by atoms with E-state index in [9.17, 15) is 0 Å². The lowest BCUT2D eigenvalue weighted by molar-refractivity contribution is 0.316. The molecular formula is C8H13N. The van der Waals surface area contributed by atoms with Gasteiger partial charge < -0.3 is 0 Å². The van der Waals surface area contributed by atoms with Crippen LogP contribution in [0.5, 0.6) is 0 Å². The second kappa shape index (κ2) is 2.02. The molecule has 0 spiro atoms. The molecule has 0 aliphatic heterocycles. The molecule has 1 aliphatic carbocycles. The van der Waals surface area contributed by atoms with Crippen LogP contribution in [0.2, 0.25) is 0 Å².